The topological polar surface area (TPSA) is 41.6 Å². The average molecular weight is 341 g/mol. The van der Waals surface area contributed by atoms with Gasteiger partial charge in [-0.05, 0) is 77.2 Å². The first kappa shape index (κ1) is 17.4. The predicted molar refractivity (Wildman–Crippen MR) is 96.0 cm³/mol. The first-order chi connectivity index (χ1) is 10.9. The van der Waals surface area contributed by atoms with Crippen LogP contribution in [-0.4, -0.2) is 52.3 Å². The van der Waals surface area contributed by atoms with E-state index < -0.39 is 5.60 Å². The molecule has 0 aromatic carbocycles. The minimum absolute atomic E-state index is 0.0711. The number of nitrogens with zero attached hydrogens (tertiary/aromatic N) is 1. The molecule has 1 amide bonds. The average Bonchev–Trinajstić information content (AvgIpc) is 2.44. The number of ether oxygens (including phenoxy) is 1. The molecule has 23 heavy (non-hydrogen) atoms. The summed E-state index contributed by atoms with van der Waals surface area (Å²) in [5.74, 6) is 2.58. The van der Waals surface area contributed by atoms with E-state index in [1.54, 1.807) is 0 Å². The summed E-state index contributed by atoms with van der Waals surface area (Å²) in [6.45, 7) is 6.70. The maximum atomic E-state index is 12.6. The molecule has 1 saturated carbocycles. The molecule has 132 valence electrons. The van der Waals surface area contributed by atoms with Crippen molar-refractivity contribution in [1.29, 1.82) is 0 Å². The number of hydrogen-bond acceptors (Lipinski definition) is 4. The second kappa shape index (κ2) is 6.83. The molecular formula is C18H32N2O2S. The third kappa shape index (κ3) is 4.16. The fraction of sp³-hybridized carbons (Fsp3) is 0.944. The van der Waals surface area contributed by atoms with E-state index in [0.717, 1.165) is 32.2 Å². The van der Waals surface area contributed by atoms with Gasteiger partial charge in [-0.1, -0.05) is 0 Å². The minimum atomic E-state index is -0.406. The Hall–Kier alpha value is -0.420. The highest BCUT2D eigenvalue weighted by Crippen LogP contribution is 2.45. The van der Waals surface area contributed by atoms with Crippen molar-refractivity contribution in [1.82, 2.24) is 10.2 Å². The van der Waals surface area contributed by atoms with E-state index in [1.165, 1.54) is 30.8 Å². The molecule has 1 atom stereocenters. The fourth-order valence-corrected chi connectivity index (χ4v) is 5.30. The van der Waals surface area contributed by atoms with Crippen LogP contribution in [0.1, 0.15) is 65.7 Å². The van der Waals surface area contributed by atoms with Gasteiger partial charge in [0.2, 0.25) is 0 Å². The van der Waals surface area contributed by atoms with Crippen LogP contribution in [0.2, 0.25) is 0 Å². The van der Waals surface area contributed by atoms with Gasteiger partial charge in [0.15, 0.2) is 0 Å². The van der Waals surface area contributed by atoms with Gasteiger partial charge < -0.3 is 15.0 Å². The number of hydrogen-bond donors (Lipinski definition) is 1. The SMILES string of the molecule is CC(C)(C)OC(=O)N1CCC(NC2CCSCC2)CC12CCC2. The Bertz CT molecular complexity index is 425. The number of nitrogens with one attached hydrogen (secondary N) is 1. The molecule has 1 aliphatic carbocycles. The van der Waals surface area contributed by atoms with Crippen LogP contribution < -0.4 is 5.32 Å². The summed E-state index contributed by atoms with van der Waals surface area (Å²) < 4.78 is 5.66. The van der Waals surface area contributed by atoms with Gasteiger partial charge in [0, 0.05) is 24.2 Å². The fourth-order valence-electron chi connectivity index (χ4n) is 4.19. The van der Waals surface area contributed by atoms with Crippen molar-refractivity contribution in [3.05, 3.63) is 0 Å². The summed E-state index contributed by atoms with van der Waals surface area (Å²) in [5, 5.41) is 3.90. The zero-order chi connectivity index (χ0) is 16.5. The van der Waals surface area contributed by atoms with Crippen molar-refractivity contribution < 1.29 is 9.53 Å². The molecule has 1 spiro atoms. The van der Waals surface area contributed by atoms with E-state index in [-0.39, 0.29) is 11.6 Å². The third-order valence-corrected chi connectivity index (χ3v) is 6.54. The van der Waals surface area contributed by atoms with Gasteiger partial charge in [-0.3, -0.25) is 0 Å². The summed E-state index contributed by atoms with van der Waals surface area (Å²) in [6.07, 6.45) is 8.18. The maximum absolute atomic E-state index is 12.6. The molecule has 4 nitrogen and oxygen atoms in total. The number of thioether (sulfide) groups is 1. The van der Waals surface area contributed by atoms with Crippen LogP contribution in [0.3, 0.4) is 0 Å². The molecule has 3 fully saturated rings. The molecule has 0 radical (unpaired) electrons. The highest BCUT2D eigenvalue weighted by atomic mass is 32.2. The molecule has 0 aromatic rings. The smallest absolute Gasteiger partial charge is 0.410 e. The lowest BCUT2D eigenvalue weighted by molar-refractivity contribution is -0.0501. The van der Waals surface area contributed by atoms with Gasteiger partial charge >= 0.3 is 6.09 Å². The number of carbonyl (C=O) groups excluding carboxylic acids is 1. The van der Waals surface area contributed by atoms with Gasteiger partial charge in [0.1, 0.15) is 5.60 Å². The van der Waals surface area contributed by atoms with Crippen LogP contribution in [-0.2, 0) is 4.74 Å². The lowest BCUT2D eigenvalue weighted by atomic mass is 9.69. The molecule has 2 saturated heterocycles. The van der Waals surface area contributed by atoms with E-state index in [1.807, 2.05) is 20.8 Å². The molecule has 2 heterocycles. The number of carbonyl (C=O) groups is 1. The van der Waals surface area contributed by atoms with Gasteiger partial charge in [0.25, 0.3) is 0 Å². The molecule has 0 bridgehead atoms. The molecule has 3 aliphatic rings. The zero-order valence-electron chi connectivity index (χ0n) is 14.9. The highest BCUT2D eigenvalue weighted by Gasteiger charge is 2.49. The second-order valence-corrected chi connectivity index (χ2v) is 9.68. The predicted octanol–water partition coefficient (Wildman–Crippen LogP) is 3.79. The Morgan fingerprint density at radius 3 is 2.43 bits per heavy atom. The molecule has 1 N–H and O–H groups in total. The summed E-state index contributed by atoms with van der Waals surface area (Å²) in [5.41, 5.74) is -0.335. The van der Waals surface area contributed by atoms with Crippen molar-refractivity contribution >= 4 is 17.9 Å². The highest BCUT2D eigenvalue weighted by molar-refractivity contribution is 7.99. The Labute approximate surface area is 145 Å². The molecule has 1 unspecified atom stereocenters. The first-order valence-electron chi connectivity index (χ1n) is 9.22. The number of likely N-dealkylation sites (tertiary alicyclic amines) is 1. The molecule has 2 aliphatic heterocycles. The van der Waals surface area contributed by atoms with Crippen LogP contribution in [0.4, 0.5) is 4.79 Å². The van der Waals surface area contributed by atoms with Crippen molar-refractivity contribution in [2.45, 2.75) is 88.9 Å². The number of rotatable bonds is 2. The van der Waals surface area contributed by atoms with Crippen LogP contribution in [0.15, 0.2) is 0 Å². The Balaban J connectivity index is 1.59. The van der Waals surface area contributed by atoms with Crippen molar-refractivity contribution in [3.8, 4) is 0 Å². The maximum Gasteiger partial charge on any atom is 0.410 e. The lowest BCUT2D eigenvalue weighted by Crippen LogP contribution is -2.64. The van der Waals surface area contributed by atoms with Crippen molar-refractivity contribution in [2.75, 3.05) is 18.1 Å². The summed E-state index contributed by atoms with van der Waals surface area (Å²) >= 11 is 2.08. The summed E-state index contributed by atoms with van der Waals surface area (Å²) in [7, 11) is 0. The van der Waals surface area contributed by atoms with E-state index in [9.17, 15) is 4.79 Å². The van der Waals surface area contributed by atoms with Crippen molar-refractivity contribution in [2.24, 2.45) is 0 Å². The van der Waals surface area contributed by atoms with E-state index in [2.05, 4.69) is 22.0 Å². The largest absolute Gasteiger partial charge is 0.444 e. The summed E-state index contributed by atoms with van der Waals surface area (Å²) in [4.78, 5) is 14.7. The number of piperidine rings is 1. The third-order valence-electron chi connectivity index (χ3n) is 5.49. The van der Waals surface area contributed by atoms with E-state index in [0.29, 0.717) is 12.1 Å². The molecular weight excluding hydrogens is 308 g/mol. The Kier molecular flexibility index (Phi) is 5.17. The quantitative estimate of drug-likeness (QED) is 0.830. The second-order valence-electron chi connectivity index (χ2n) is 8.45. The van der Waals surface area contributed by atoms with Gasteiger partial charge in [-0.15, -0.1) is 0 Å². The van der Waals surface area contributed by atoms with Gasteiger partial charge in [0.05, 0.1) is 0 Å². The van der Waals surface area contributed by atoms with E-state index in [4.69, 9.17) is 4.74 Å². The summed E-state index contributed by atoms with van der Waals surface area (Å²) in [6, 6.07) is 1.26. The van der Waals surface area contributed by atoms with Crippen molar-refractivity contribution in [3.63, 3.8) is 0 Å². The first-order valence-corrected chi connectivity index (χ1v) is 10.4. The zero-order valence-corrected chi connectivity index (χ0v) is 15.7. The Morgan fingerprint density at radius 2 is 1.87 bits per heavy atom. The Morgan fingerprint density at radius 1 is 1.17 bits per heavy atom. The lowest BCUT2D eigenvalue weighted by Gasteiger charge is -2.55. The molecule has 3 rings (SSSR count). The standard InChI is InChI=1S/C18H32N2O2S/c1-17(2,3)22-16(21)20-10-5-15(13-18(20)8-4-9-18)19-14-6-11-23-12-7-14/h14-15,19H,4-13H2,1-3H3. The van der Waals surface area contributed by atoms with Crippen LogP contribution in [0.25, 0.3) is 0 Å². The van der Waals surface area contributed by atoms with Gasteiger partial charge in [-0.25, -0.2) is 4.79 Å². The van der Waals surface area contributed by atoms with Crippen LogP contribution in [0, 0.1) is 0 Å². The van der Waals surface area contributed by atoms with Gasteiger partial charge in [-0.2, -0.15) is 11.8 Å². The normalized spacial score (nSPS) is 28.5. The van der Waals surface area contributed by atoms with Crippen LogP contribution >= 0.6 is 11.8 Å². The molecule has 0 aromatic heterocycles. The minimum Gasteiger partial charge on any atom is -0.444 e. The molecule has 5 heteroatoms. The van der Waals surface area contributed by atoms with Crippen LogP contribution in [0.5, 0.6) is 0 Å². The van der Waals surface area contributed by atoms with E-state index >= 15 is 0 Å². The monoisotopic (exact) mass is 340 g/mol. The number of amides is 1.